The largest absolute Gasteiger partial charge is 0.506 e. The molecule has 2 heterocycles. The quantitative estimate of drug-likeness (QED) is 0.709. The van der Waals surface area contributed by atoms with E-state index in [-0.39, 0.29) is 51.4 Å². The third-order valence-electron chi connectivity index (χ3n) is 5.65. The molecule has 1 saturated carbocycles. The van der Waals surface area contributed by atoms with Crippen LogP contribution in [0.5, 0.6) is 5.75 Å². The third kappa shape index (κ3) is 3.68. The van der Waals surface area contributed by atoms with Crippen LogP contribution in [-0.4, -0.2) is 59.8 Å². The number of urea groups is 1. The molecule has 9 heteroatoms. The van der Waals surface area contributed by atoms with Crippen LogP contribution in [0.1, 0.15) is 29.6 Å². The zero-order chi connectivity index (χ0) is 19.1. The van der Waals surface area contributed by atoms with Crippen molar-refractivity contribution >= 4 is 35.1 Å². The molecule has 7 nitrogen and oxygen atoms in total. The minimum Gasteiger partial charge on any atom is -0.506 e. The Morgan fingerprint density at radius 1 is 1.22 bits per heavy atom. The van der Waals surface area contributed by atoms with Crippen LogP contribution in [-0.2, 0) is 4.74 Å². The maximum Gasteiger partial charge on any atom is 0.317 e. The van der Waals surface area contributed by atoms with E-state index in [1.54, 1.807) is 0 Å². The zero-order valence-electron chi connectivity index (χ0n) is 14.6. The van der Waals surface area contributed by atoms with E-state index in [2.05, 4.69) is 10.6 Å². The number of aromatic hydroxyl groups is 1. The highest BCUT2D eigenvalue weighted by Crippen LogP contribution is 2.38. The van der Waals surface area contributed by atoms with Crippen molar-refractivity contribution in [3.63, 3.8) is 0 Å². The predicted octanol–water partition coefficient (Wildman–Crippen LogP) is 2.39. The number of benzene rings is 1. The lowest BCUT2D eigenvalue weighted by atomic mass is 10.0. The Morgan fingerprint density at radius 2 is 2.04 bits per heavy atom. The fourth-order valence-electron chi connectivity index (χ4n) is 4.27. The Hall–Kier alpha value is -1.70. The van der Waals surface area contributed by atoms with Crippen LogP contribution in [0.4, 0.5) is 4.79 Å². The van der Waals surface area contributed by atoms with E-state index in [4.69, 9.17) is 27.9 Å². The van der Waals surface area contributed by atoms with Crippen molar-refractivity contribution in [1.82, 2.24) is 15.5 Å². The van der Waals surface area contributed by atoms with Crippen LogP contribution < -0.4 is 10.6 Å². The summed E-state index contributed by atoms with van der Waals surface area (Å²) >= 11 is 11.8. The molecule has 0 spiro atoms. The number of carbonyl (C=O) groups excluding carboxylic acids is 2. The van der Waals surface area contributed by atoms with Gasteiger partial charge in [-0.2, -0.15) is 0 Å². The van der Waals surface area contributed by atoms with E-state index in [1.807, 2.05) is 4.90 Å². The standard InChI is InChI=1S/C18H21Cl2N3O4/c19-10-4-13(16(24)14(20)5-10)17(25)22-15-6-12-3-9(15)7-23(12)18(26)21-11-1-2-27-8-11/h4-5,9,11-12,15,24H,1-3,6-8H2,(H,21,26)(H,22,25)/t9-,11?,12-,15-/m1/s1. The number of piperidine rings is 1. The summed E-state index contributed by atoms with van der Waals surface area (Å²) in [6.07, 6.45) is 2.40. The van der Waals surface area contributed by atoms with Gasteiger partial charge in [0, 0.05) is 30.3 Å². The Morgan fingerprint density at radius 3 is 2.70 bits per heavy atom. The fourth-order valence-corrected chi connectivity index (χ4v) is 4.76. The van der Waals surface area contributed by atoms with Crippen molar-refractivity contribution in [2.45, 2.75) is 37.4 Å². The normalized spacial score (nSPS) is 29.2. The van der Waals surface area contributed by atoms with Crippen LogP contribution in [0.3, 0.4) is 0 Å². The molecule has 3 fully saturated rings. The lowest BCUT2D eigenvalue weighted by molar-refractivity contribution is 0.0910. The minimum absolute atomic E-state index is 0.0410. The monoisotopic (exact) mass is 413 g/mol. The molecule has 0 radical (unpaired) electrons. The van der Waals surface area contributed by atoms with E-state index in [1.165, 1.54) is 12.1 Å². The summed E-state index contributed by atoms with van der Waals surface area (Å²) in [5.41, 5.74) is 0.0612. The van der Waals surface area contributed by atoms with Gasteiger partial charge >= 0.3 is 6.03 Å². The molecular weight excluding hydrogens is 393 g/mol. The first-order chi connectivity index (χ1) is 12.9. The maximum atomic E-state index is 12.6. The highest BCUT2D eigenvalue weighted by molar-refractivity contribution is 6.36. The van der Waals surface area contributed by atoms with Crippen LogP contribution in [0.25, 0.3) is 0 Å². The van der Waals surface area contributed by atoms with Gasteiger partial charge in [0.15, 0.2) is 0 Å². The van der Waals surface area contributed by atoms with Crippen molar-refractivity contribution in [1.29, 1.82) is 0 Å². The van der Waals surface area contributed by atoms with Gasteiger partial charge in [0.25, 0.3) is 5.91 Å². The summed E-state index contributed by atoms with van der Waals surface area (Å²) in [5.74, 6) is -0.489. The molecule has 3 amide bonds. The number of hydrogen-bond acceptors (Lipinski definition) is 4. The van der Waals surface area contributed by atoms with Crippen LogP contribution in [0.15, 0.2) is 12.1 Å². The number of likely N-dealkylation sites (tertiary alicyclic amines) is 1. The minimum atomic E-state index is -0.409. The zero-order valence-corrected chi connectivity index (χ0v) is 16.1. The Labute approximate surface area is 166 Å². The first-order valence-electron chi connectivity index (χ1n) is 9.06. The van der Waals surface area contributed by atoms with Crippen molar-refractivity contribution in [2.75, 3.05) is 19.8 Å². The molecule has 2 aliphatic heterocycles. The second kappa shape index (κ2) is 7.37. The number of phenols is 1. The molecule has 1 aromatic carbocycles. The number of nitrogens with one attached hydrogen (secondary N) is 2. The van der Waals surface area contributed by atoms with Crippen LogP contribution in [0.2, 0.25) is 10.0 Å². The molecular formula is C18H21Cl2N3O4. The number of carbonyl (C=O) groups is 2. The molecule has 2 saturated heterocycles. The van der Waals surface area contributed by atoms with E-state index < -0.39 is 5.91 Å². The van der Waals surface area contributed by atoms with Crippen molar-refractivity contribution < 1.29 is 19.4 Å². The summed E-state index contributed by atoms with van der Waals surface area (Å²) in [5, 5.41) is 16.3. The van der Waals surface area contributed by atoms with Crippen molar-refractivity contribution in [2.24, 2.45) is 5.92 Å². The number of fused-ring (bicyclic) bond motifs is 2. The fraction of sp³-hybridized carbons (Fsp3) is 0.556. The van der Waals surface area contributed by atoms with Gasteiger partial charge in [-0.05, 0) is 37.3 Å². The van der Waals surface area contributed by atoms with Gasteiger partial charge in [0.05, 0.1) is 23.2 Å². The molecule has 1 aromatic rings. The van der Waals surface area contributed by atoms with E-state index in [0.29, 0.717) is 26.2 Å². The summed E-state index contributed by atoms with van der Waals surface area (Å²) in [4.78, 5) is 26.9. The molecule has 2 bridgehead atoms. The average Bonchev–Trinajstić information content (AvgIpc) is 3.34. The molecule has 146 valence electrons. The summed E-state index contributed by atoms with van der Waals surface area (Å²) < 4.78 is 5.29. The van der Waals surface area contributed by atoms with Gasteiger partial charge in [-0.15, -0.1) is 0 Å². The summed E-state index contributed by atoms with van der Waals surface area (Å²) in [6, 6.07) is 2.88. The molecule has 1 aliphatic carbocycles. The van der Waals surface area contributed by atoms with Gasteiger partial charge < -0.3 is 25.4 Å². The number of ether oxygens (including phenoxy) is 1. The van der Waals surface area contributed by atoms with E-state index in [0.717, 1.165) is 12.8 Å². The van der Waals surface area contributed by atoms with Crippen LogP contribution in [0, 0.1) is 5.92 Å². The molecule has 4 rings (SSSR count). The third-order valence-corrected chi connectivity index (χ3v) is 6.16. The molecule has 1 unspecified atom stereocenters. The number of hydrogen-bond donors (Lipinski definition) is 3. The average molecular weight is 414 g/mol. The number of nitrogens with zero attached hydrogens (tertiary/aromatic N) is 1. The second-order valence-electron chi connectivity index (χ2n) is 7.41. The van der Waals surface area contributed by atoms with Gasteiger partial charge in [0.1, 0.15) is 5.75 Å². The lowest BCUT2D eigenvalue weighted by Crippen LogP contribution is -2.52. The summed E-state index contributed by atoms with van der Waals surface area (Å²) in [7, 11) is 0. The van der Waals surface area contributed by atoms with Gasteiger partial charge in [-0.3, -0.25) is 4.79 Å². The second-order valence-corrected chi connectivity index (χ2v) is 8.26. The van der Waals surface area contributed by atoms with E-state index >= 15 is 0 Å². The highest BCUT2D eigenvalue weighted by atomic mass is 35.5. The SMILES string of the molecule is O=C(N[C@@H]1C[C@H]2C[C@@H]1CN2C(=O)NC1CCOC1)c1cc(Cl)cc(Cl)c1O. The topological polar surface area (TPSA) is 90.9 Å². The van der Waals surface area contributed by atoms with Crippen LogP contribution >= 0.6 is 23.2 Å². The smallest absolute Gasteiger partial charge is 0.317 e. The predicted molar refractivity (Wildman–Crippen MR) is 100 cm³/mol. The number of rotatable bonds is 3. The van der Waals surface area contributed by atoms with Gasteiger partial charge in [0.2, 0.25) is 0 Å². The molecule has 4 atom stereocenters. The van der Waals surface area contributed by atoms with Gasteiger partial charge in [-0.25, -0.2) is 4.79 Å². The maximum absolute atomic E-state index is 12.6. The first-order valence-corrected chi connectivity index (χ1v) is 9.81. The molecule has 27 heavy (non-hydrogen) atoms. The molecule has 0 aromatic heterocycles. The van der Waals surface area contributed by atoms with Crippen molar-refractivity contribution in [3.8, 4) is 5.75 Å². The number of phenolic OH excluding ortho intramolecular Hbond substituents is 1. The number of halogens is 2. The molecule has 3 aliphatic rings. The Kier molecular flexibility index (Phi) is 5.09. The Bertz CT molecular complexity index is 769. The van der Waals surface area contributed by atoms with E-state index in [9.17, 15) is 14.7 Å². The van der Waals surface area contributed by atoms with Crippen molar-refractivity contribution in [3.05, 3.63) is 27.7 Å². The Balaban J connectivity index is 1.36. The molecule has 3 N–H and O–H groups in total. The van der Waals surface area contributed by atoms with Gasteiger partial charge in [-0.1, -0.05) is 23.2 Å². The lowest BCUT2D eigenvalue weighted by Gasteiger charge is -2.32. The highest BCUT2D eigenvalue weighted by Gasteiger charge is 2.47. The number of amides is 3. The first kappa shape index (κ1) is 18.7. The summed E-state index contributed by atoms with van der Waals surface area (Å²) in [6.45, 7) is 1.86.